The van der Waals surface area contributed by atoms with Crippen molar-refractivity contribution in [3.05, 3.63) is 48.3 Å². The third kappa shape index (κ3) is 3.32. The zero-order valence-electron chi connectivity index (χ0n) is 13.8. The van der Waals surface area contributed by atoms with Crippen LogP contribution in [0.2, 0.25) is 0 Å². The number of alkyl halides is 3. The smallest absolute Gasteiger partial charge is 0.338 e. The predicted octanol–water partition coefficient (Wildman–Crippen LogP) is 3.12. The Labute approximate surface area is 147 Å². The van der Waals surface area contributed by atoms with Gasteiger partial charge >= 0.3 is 6.18 Å². The number of aromatic nitrogens is 3. The lowest BCUT2D eigenvalue weighted by atomic mass is 10.1. The number of rotatable bonds is 2. The largest absolute Gasteiger partial charge is 0.433 e. The van der Waals surface area contributed by atoms with Crippen LogP contribution in [0.5, 0.6) is 0 Å². The highest BCUT2D eigenvalue weighted by Gasteiger charge is 2.34. The van der Waals surface area contributed by atoms with Gasteiger partial charge in [0.2, 0.25) is 5.95 Å². The van der Waals surface area contributed by atoms with Gasteiger partial charge in [-0.2, -0.15) is 13.2 Å². The van der Waals surface area contributed by atoms with E-state index in [4.69, 9.17) is 0 Å². The molecular weight excluding hydrogens is 343 g/mol. The molecule has 26 heavy (non-hydrogen) atoms. The van der Waals surface area contributed by atoms with E-state index in [1.54, 1.807) is 17.2 Å². The van der Waals surface area contributed by atoms with Crippen LogP contribution in [0.4, 0.5) is 19.1 Å². The molecule has 0 spiro atoms. The van der Waals surface area contributed by atoms with Crippen molar-refractivity contribution in [2.24, 2.45) is 0 Å². The maximum atomic E-state index is 13.3. The summed E-state index contributed by atoms with van der Waals surface area (Å²) in [6.07, 6.45) is -2.99. The number of para-hydroxylation sites is 1. The number of nitrogens with zero attached hydrogens (tertiary/aromatic N) is 4. The van der Waals surface area contributed by atoms with Crippen molar-refractivity contribution in [3.63, 3.8) is 0 Å². The third-order valence-electron chi connectivity index (χ3n) is 4.29. The number of anilines is 1. The predicted molar refractivity (Wildman–Crippen MR) is 92.9 cm³/mol. The van der Waals surface area contributed by atoms with Crippen LogP contribution in [0.1, 0.15) is 5.69 Å². The Kier molecular flexibility index (Phi) is 4.20. The van der Waals surface area contributed by atoms with Crippen molar-refractivity contribution < 1.29 is 13.2 Å². The van der Waals surface area contributed by atoms with Crippen LogP contribution in [-0.4, -0.2) is 41.1 Å². The van der Waals surface area contributed by atoms with Gasteiger partial charge in [-0.05, 0) is 18.2 Å². The molecule has 3 heterocycles. The summed E-state index contributed by atoms with van der Waals surface area (Å²) >= 11 is 0. The molecule has 134 valence electrons. The van der Waals surface area contributed by atoms with Crippen molar-refractivity contribution in [1.29, 1.82) is 0 Å². The van der Waals surface area contributed by atoms with E-state index in [1.807, 2.05) is 24.3 Å². The van der Waals surface area contributed by atoms with Gasteiger partial charge in [0, 0.05) is 43.3 Å². The molecule has 1 aliphatic rings. The Morgan fingerprint density at radius 1 is 1.00 bits per heavy atom. The van der Waals surface area contributed by atoms with Crippen LogP contribution in [0, 0.1) is 0 Å². The molecule has 0 atom stereocenters. The summed E-state index contributed by atoms with van der Waals surface area (Å²) in [4.78, 5) is 14.2. The van der Waals surface area contributed by atoms with E-state index in [9.17, 15) is 13.2 Å². The molecule has 4 rings (SSSR count). The second kappa shape index (κ2) is 6.53. The van der Waals surface area contributed by atoms with Gasteiger partial charge in [-0.3, -0.25) is 4.98 Å². The normalized spacial score (nSPS) is 15.4. The van der Waals surface area contributed by atoms with Crippen molar-refractivity contribution in [2.75, 3.05) is 31.1 Å². The van der Waals surface area contributed by atoms with E-state index in [-0.39, 0.29) is 11.6 Å². The van der Waals surface area contributed by atoms with E-state index in [0.29, 0.717) is 31.7 Å². The molecular formula is C18H16F3N5. The summed E-state index contributed by atoms with van der Waals surface area (Å²) in [5.41, 5.74) is 0.597. The highest BCUT2D eigenvalue weighted by Crippen LogP contribution is 2.32. The number of nitrogens with one attached hydrogen (secondary N) is 1. The Hall–Kier alpha value is -2.74. The Balaban J connectivity index is 1.82. The fraction of sp³-hybridized carbons (Fsp3) is 0.278. The highest BCUT2D eigenvalue weighted by atomic mass is 19.4. The fourth-order valence-electron chi connectivity index (χ4n) is 2.94. The maximum Gasteiger partial charge on any atom is 0.433 e. The quantitative estimate of drug-likeness (QED) is 0.762. The number of fused-ring (bicyclic) bond motifs is 1. The Morgan fingerprint density at radius 2 is 1.77 bits per heavy atom. The van der Waals surface area contributed by atoms with E-state index in [1.165, 1.54) is 0 Å². The lowest BCUT2D eigenvalue weighted by Gasteiger charge is -2.28. The average molecular weight is 359 g/mol. The molecule has 5 nitrogen and oxygen atoms in total. The fourth-order valence-corrected chi connectivity index (χ4v) is 2.94. The van der Waals surface area contributed by atoms with Crippen molar-refractivity contribution >= 4 is 16.9 Å². The van der Waals surface area contributed by atoms with Crippen molar-refractivity contribution in [2.45, 2.75) is 6.18 Å². The molecule has 1 N–H and O–H groups in total. The van der Waals surface area contributed by atoms with Crippen LogP contribution >= 0.6 is 0 Å². The van der Waals surface area contributed by atoms with Gasteiger partial charge in [0.05, 0.1) is 11.2 Å². The molecule has 0 unspecified atom stereocenters. The minimum absolute atomic E-state index is 0.101. The van der Waals surface area contributed by atoms with E-state index in [0.717, 1.165) is 17.0 Å². The summed E-state index contributed by atoms with van der Waals surface area (Å²) in [6, 6.07) is 10.2. The molecule has 0 amide bonds. The minimum Gasteiger partial charge on any atom is -0.338 e. The Morgan fingerprint density at radius 3 is 2.54 bits per heavy atom. The lowest BCUT2D eigenvalue weighted by molar-refractivity contribution is -0.141. The van der Waals surface area contributed by atoms with E-state index < -0.39 is 11.9 Å². The average Bonchev–Trinajstić information content (AvgIpc) is 2.67. The molecule has 1 saturated heterocycles. The van der Waals surface area contributed by atoms with Gasteiger partial charge < -0.3 is 10.2 Å². The first kappa shape index (κ1) is 16.7. The topological polar surface area (TPSA) is 53.9 Å². The first-order valence-corrected chi connectivity index (χ1v) is 8.28. The maximum absolute atomic E-state index is 13.3. The standard InChI is InChI=1S/C18H16F3N5/c19-18(20,21)16-10-15(24-17(25-16)26-7-5-22-6-8-26)13-9-12-3-1-2-4-14(12)23-11-13/h1-4,9-11,22H,5-8H2. The number of pyridine rings is 1. The second-order valence-electron chi connectivity index (χ2n) is 6.09. The molecule has 0 bridgehead atoms. The van der Waals surface area contributed by atoms with Gasteiger partial charge in [0.1, 0.15) is 0 Å². The SMILES string of the molecule is FC(F)(F)c1cc(-c2cnc3ccccc3c2)nc(N2CCNCC2)n1. The molecule has 0 saturated carbocycles. The highest BCUT2D eigenvalue weighted by molar-refractivity contribution is 5.82. The van der Waals surface area contributed by atoms with Crippen LogP contribution in [0.3, 0.4) is 0 Å². The molecule has 1 aromatic carbocycles. The van der Waals surface area contributed by atoms with Crippen molar-refractivity contribution in [1.82, 2.24) is 20.3 Å². The number of hydrogen-bond donors (Lipinski definition) is 1. The summed E-state index contributed by atoms with van der Waals surface area (Å²) in [5.74, 6) is 0.101. The summed E-state index contributed by atoms with van der Waals surface area (Å²) in [6.45, 7) is 2.51. The zero-order valence-corrected chi connectivity index (χ0v) is 13.8. The van der Waals surface area contributed by atoms with Gasteiger partial charge in [-0.1, -0.05) is 18.2 Å². The molecule has 2 aromatic heterocycles. The molecule has 8 heteroatoms. The Bertz CT molecular complexity index is 936. The molecule has 1 fully saturated rings. The van der Waals surface area contributed by atoms with E-state index >= 15 is 0 Å². The van der Waals surface area contributed by atoms with Crippen LogP contribution in [0.15, 0.2) is 42.6 Å². The van der Waals surface area contributed by atoms with Crippen LogP contribution in [-0.2, 0) is 6.18 Å². The first-order chi connectivity index (χ1) is 12.5. The second-order valence-corrected chi connectivity index (χ2v) is 6.09. The van der Waals surface area contributed by atoms with Gasteiger partial charge in [-0.15, -0.1) is 0 Å². The third-order valence-corrected chi connectivity index (χ3v) is 4.29. The number of piperazine rings is 1. The van der Waals surface area contributed by atoms with Gasteiger partial charge in [0.15, 0.2) is 5.69 Å². The van der Waals surface area contributed by atoms with Crippen LogP contribution < -0.4 is 10.2 Å². The van der Waals surface area contributed by atoms with E-state index in [2.05, 4.69) is 20.3 Å². The lowest BCUT2D eigenvalue weighted by Crippen LogP contribution is -2.44. The number of benzene rings is 1. The monoisotopic (exact) mass is 359 g/mol. The van der Waals surface area contributed by atoms with Gasteiger partial charge in [-0.25, -0.2) is 9.97 Å². The van der Waals surface area contributed by atoms with Crippen LogP contribution in [0.25, 0.3) is 22.2 Å². The van der Waals surface area contributed by atoms with Gasteiger partial charge in [0.25, 0.3) is 0 Å². The molecule has 1 aliphatic heterocycles. The molecule has 0 radical (unpaired) electrons. The zero-order chi connectivity index (χ0) is 18.1. The number of hydrogen-bond acceptors (Lipinski definition) is 5. The first-order valence-electron chi connectivity index (χ1n) is 8.28. The van der Waals surface area contributed by atoms with Crippen molar-refractivity contribution in [3.8, 4) is 11.3 Å². The molecule has 3 aromatic rings. The summed E-state index contributed by atoms with van der Waals surface area (Å²) < 4.78 is 40.0. The minimum atomic E-state index is -4.54. The number of halogens is 3. The summed E-state index contributed by atoms with van der Waals surface area (Å²) in [7, 11) is 0. The summed E-state index contributed by atoms with van der Waals surface area (Å²) in [5, 5.41) is 4.01. The molecule has 0 aliphatic carbocycles.